The molecule has 0 atom stereocenters. The zero-order valence-electron chi connectivity index (χ0n) is 25.3. The molecular weight excluding hydrogens is 486 g/mol. The Balaban J connectivity index is 0.000000670. The number of nitrogens with zero attached hydrogens (tertiary/aromatic N) is 3. The molecule has 0 radical (unpaired) electrons. The number of nitrogens with one attached hydrogen (secondary N) is 2. The van der Waals surface area contributed by atoms with E-state index in [1.165, 1.54) is 11.3 Å². The zero-order chi connectivity index (χ0) is 29.8. The van der Waals surface area contributed by atoms with Crippen molar-refractivity contribution in [2.75, 3.05) is 31.6 Å². The number of amidine groups is 1. The van der Waals surface area contributed by atoms with Crippen molar-refractivity contribution in [3.63, 3.8) is 0 Å². The number of carbonyl (C=O) groups is 1. The smallest absolute Gasteiger partial charge is 0.300 e. The number of imidazole rings is 1. The average molecular weight is 538 g/mol. The second-order valence-electron chi connectivity index (χ2n) is 9.03. The maximum absolute atomic E-state index is 9.00. The SMILES string of the molecule is C=CC(=C)c1nc(=C/CC)/c(=C\CC)[nH]1.CC(=O)O.CCC(=N)N(CC)CCCN(C)c1ccc(CC)cc1. The van der Waals surface area contributed by atoms with Crippen LogP contribution in [0.2, 0.25) is 0 Å². The number of anilines is 1. The van der Waals surface area contributed by atoms with Crippen molar-refractivity contribution < 1.29 is 9.90 Å². The lowest BCUT2D eigenvalue weighted by molar-refractivity contribution is -0.134. The Morgan fingerprint density at radius 3 is 2.13 bits per heavy atom. The first-order valence-electron chi connectivity index (χ1n) is 14.0. The molecule has 0 aliphatic heterocycles. The largest absolute Gasteiger partial charge is 0.481 e. The summed E-state index contributed by atoms with van der Waals surface area (Å²) in [5.41, 5.74) is 3.49. The fourth-order valence-corrected chi connectivity index (χ4v) is 3.68. The van der Waals surface area contributed by atoms with E-state index in [0.29, 0.717) is 0 Å². The van der Waals surface area contributed by atoms with Gasteiger partial charge in [0.15, 0.2) is 0 Å². The van der Waals surface area contributed by atoms with Crippen molar-refractivity contribution in [1.82, 2.24) is 14.9 Å². The molecule has 39 heavy (non-hydrogen) atoms. The normalized spacial score (nSPS) is 11.1. The number of hydrogen-bond acceptors (Lipinski definition) is 4. The van der Waals surface area contributed by atoms with Crippen LogP contribution >= 0.6 is 0 Å². The third-order valence-corrected chi connectivity index (χ3v) is 5.92. The lowest BCUT2D eigenvalue weighted by atomic mass is 10.1. The fraction of sp³-hybridized carbons (Fsp3) is 0.469. The van der Waals surface area contributed by atoms with Gasteiger partial charge in [0.2, 0.25) is 0 Å². The Morgan fingerprint density at radius 1 is 1.08 bits per heavy atom. The first kappa shape index (κ1) is 35.4. The van der Waals surface area contributed by atoms with Gasteiger partial charge in [-0.3, -0.25) is 10.2 Å². The molecule has 1 heterocycles. The van der Waals surface area contributed by atoms with E-state index in [0.717, 1.165) is 86.6 Å². The van der Waals surface area contributed by atoms with Gasteiger partial charge in [-0.05, 0) is 50.3 Å². The zero-order valence-corrected chi connectivity index (χ0v) is 25.3. The van der Waals surface area contributed by atoms with E-state index in [9.17, 15) is 0 Å². The topological polar surface area (TPSA) is 96.3 Å². The first-order valence-corrected chi connectivity index (χ1v) is 14.0. The van der Waals surface area contributed by atoms with Gasteiger partial charge in [0, 0.05) is 51.3 Å². The van der Waals surface area contributed by atoms with Crippen molar-refractivity contribution in [1.29, 1.82) is 5.41 Å². The molecule has 0 saturated carbocycles. The van der Waals surface area contributed by atoms with E-state index in [1.54, 1.807) is 6.08 Å². The van der Waals surface area contributed by atoms with Crippen LogP contribution in [0.3, 0.4) is 0 Å². The Labute approximate surface area is 236 Å². The Morgan fingerprint density at radius 2 is 1.67 bits per heavy atom. The minimum atomic E-state index is -0.833. The Hall–Kier alpha value is -3.61. The summed E-state index contributed by atoms with van der Waals surface area (Å²) >= 11 is 0. The second-order valence-corrected chi connectivity index (χ2v) is 9.03. The molecule has 3 N–H and O–H groups in total. The summed E-state index contributed by atoms with van der Waals surface area (Å²) in [5, 5.41) is 17.4. The van der Waals surface area contributed by atoms with Gasteiger partial charge in [-0.2, -0.15) is 0 Å². The lowest BCUT2D eigenvalue weighted by Crippen LogP contribution is -2.32. The van der Waals surface area contributed by atoms with Gasteiger partial charge in [-0.15, -0.1) is 0 Å². The molecule has 0 spiro atoms. The van der Waals surface area contributed by atoms with Crippen molar-refractivity contribution >= 4 is 35.2 Å². The first-order chi connectivity index (χ1) is 18.6. The van der Waals surface area contributed by atoms with E-state index >= 15 is 0 Å². The number of hydrogen-bond donors (Lipinski definition) is 3. The van der Waals surface area contributed by atoms with Gasteiger partial charge in [0.1, 0.15) is 5.82 Å². The molecule has 2 rings (SSSR count). The van der Waals surface area contributed by atoms with Crippen molar-refractivity contribution in [3.8, 4) is 0 Å². The van der Waals surface area contributed by atoms with Crippen LogP contribution in [0.5, 0.6) is 0 Å². The van der Waals surface area contributed by atoms with Crippen LogP contribution in [0.1, 0.15) is 78.6 Å². The van der Waals surface area contributed by atoms with Gasteiger partial charge < -0.3 is 19.9 Å². The summed E-state index contributed by atoms with van der Waals surface area (Å²) in [7, 11) is 2.14. The molecule has 1 aromatic heterocycles. The number of allylic oxidation sites excluding steroid dienone is 2. The van der Waals surface area contributed by atoms with Crippen LogP contribution < -0.4 is 15.6 Å². The van der Waals surface area contributed by atoms with Gasteiger partial charge in [0.25, 0.3) is 5.97 Å². The number of aliphatic carboxylic acids is 1. The molecule has 0 unspecified atom stereocenters. The van der Waals surface area contributed by atoms with Crippen LogP contribution in [0, 0.1) is 5.41 Å². The molecule has 1 aromatic carbocycles. The number of benzene rings is 1. The third kappa shape index (κ3) is 14.2. The van der Waals surface area contributed by atoms with E-state index in [2.05, 4.69) is 104 Å². The summed E-state index contributed by atoms with van der Waals surface area (Å²) in [6.45, 7) is 22.1. The van der Waals surface area contributed by atoms with Crippen LogP contribution in [0.25, 0.3) is 17.7 Å². The lowest BCUT2D eigenvalue weighted by Gasteiger charge is -2.25. The predicted octanol–water partition coefficient (Wildman–Crippen LogP) is 5.87. The molecule has 7 nitrogen and oxygen atoms in total. The highest BCUT2D eigenvalue weighted by molar-refractivity contribution is 5.78. The highest BCUT2D eigenvalue weighted by atomic mass is 16.4. The minimum Gasteiger partial charge on any atom is -0.481 e. The van der Waals surface area contributed by atoms with Crippen LogP contribution in [0.4, 0.5) is 5.69 Å². The molecule has 2 aromatic rings. The number of carboxylic acids is 1. The summed E-state index contributed by atoms with van der Waals surface area (Å²) in [4.78, 5) is 21.2. The molecule has 7 heteroatoms. The maximum Gasteiger partial charge on any atom is 0.300 e. The molecule has 0 amide bonds. The highest BCUT2D eigenvalue weighted by Gasteiger charge is 2.06. The monoisotopic (exact) mass is 537 g/mol. The van der Waals surface area contributed by atoms with Crippen molar-refractivity contribution in [2.45, 2.75) is 73.6 Å². The second kappa shape index (κ2) is 20.4. The predicted molar refractivity (Wildman–Crippen MR) is 169 cm³/mol. The van der Waals surface area contributed by atoms with Crippen molar-refractivity contribution in [3.05, 3.63) is 65.6 Å². The number of aromatic nitrogens is 2. The van der Waals surface area contributed by atoms with Crippen LogP contribution in [-0.2, 0) is 11.2 Å². The summed E-state index contributed by atoms with van der Waals surface area (Å²) < 4.78 is 0. The van der Waals surface area contributed by atoms with Crippen LogP contribution in [-0.4, -0.2) is 58.5 Å². The number of aryl methyl sites for hydroxylation is 1. The quantitative estimate of drug-likeness (QED) is 0.179. The summed E-state index contributed by atoms with van der Waals surface area (Å²) in [6, 6.07) is 8.81. The summed E-state index contributed by atoms with van der Waals surface area (Å²) in [6.07, 6.45) is 10.9. The number of rotatable bonds is 12. The van der Waals surface area contributed by atoms with Crippen LogP contribution in [0.15, 0.2) is 43.5 Å². The van der Waals surface area contributed by atoms with E-state index in [4.69, 9.17) is 15.3 Å². The molecule has 0 aliphatic rings. The van der Waals surface area contributed by atoms with Crippen molar-refractivity contribution in [2.24, 2.45) is 0 Å². The minimum absolute atomic E-state index is 0.752. The third-order valence-electron chi connectivity index (χ3n) is 5.92. The Bertz CT molecular complexity index is 1090. The molecule has 0 aliphatic carbocycles. The molecular formula is C32H51N5O2. The average Bonchev–Trinajstić information content (AvgIpc) is 3.33. The van der Waals surface area contributed by atoms with Gasteiger partial charge in [0.05, 0.1) is 16.5 Å². The Kier molecular flexibility index (Phi) is 18.5. The van der Waals surface area contributed by atoms with Gasteiger partial charge >= 0.3 is 0 Å². The molecule has 0 bridgehead atoms. The van der Waals surface area contributed by atoms with E-state index < -0.39 is 5.97 Å². The standard InChI is InChI=1S/C17H29N3.C13H18N2.C2H4O2/c1-5-15-9-11-16(12-10-15)19(4)13-8-14-20(7-3)17(18)6-2;1-5-8-11-12(9-6-2)15-13(14-11)10(4)7-3;1-2(3)4/h9-12,18H,5-8,13-14H2,1-4H3;7-9H,3-6H2,1-2H3,(H,14,15);1H3,(H,3,4)/b;11-8+,12-9+;. The maximum atomic E-state index is 9.00. The van der Waals surface area contributed by atoms with Gasteiger partial charge in [-0.25, -0.2) is 4.98 Å². The fourth-order valence-electron chi connectivity index (χ4n) is 3.68. The van der Waals surface area contributed by atoms with Gasteiger partial charge in [-0.1, -0.05) is 71.2 Å². The molecule has 0 fully saturated rings. The van der Waals surface area contributed by atoms with E-state index in [1.807, 2.05) is 6.92 Å². The van der Waals surface area contributed by atoms with E-state index in [-0.39, 0.29) is 0 Å². The summed E-state index contributed by atoms with van der Waals surface area (Å²) in [5.74, 6) is 0.729. The highest BCUT2D eigenvalue weighted by Crippen LogP contribution is 2.14. The molecule has 216 valence electrons. The molecule has 0 saturated heterocycles. The number of H-pyrrole nitrogens is 1. The number of aromatic amines is 1. The number of carboxylic acid groups (broad SMARTS) is 1.